The minimum atomic E-state index is 0.0864. The Balaban J connectivity index is 1.82. The maximum Gasteiger partial charge on any atom is 0.223 e. The highest BCUT2D eigenvalue weighted by Crippen LogP contribution is 2.40. The number of pyridine rings is 1. The molecule has 0 spiro atoms. The van der Waals surface area contributed by atoms with Crippen LogP contribution >= 0.6 is 46.6 Å². The molecule has 5 nitrogen and oxygen atoms in total. The molecule has 1 aromatic heterocycles. The number of halogens is 3. The first-order chi connectivity index (χ1) is 12.0. The average Bonchev–Trinajstić information content (AvgIpc) is 2.72. The highest BCUT2D eigenvalue weighted by Gasteiger charge is 2.12. The summed E-state index contributed by atoms with van der Waals surface area (Å²) in [5, 5.41) is 4.54. The first-order valence-corrected chi connectivity index (χ1v) is 9.07. The van der Waals surface area contributed by atoms with Crippen LogP contribution in [-0.4, -0.2) is 16.1 Å². The molecule has 2 aromatic rings. The third-order valence-electron chi connectivity index (χ3n) is 3.08. The van der Waals surface area contributed by atoms with Crippen molar-refractivity contribution in [3.05, 3.63) is 58.6 Å². The molecule has 0 radical (unpaired) electrons. The van der Waals surface area contributed by atoms with Crippen molar-refractivity contribution in [2.75, 3.05) is 5.32 Å². The van der Waals surface area contributed by atoms with E-state index in [2.05, 4.69) is 20.3 Å². The summed E-state index contributed by atoms with van der Waals surface area (Å²) < 4.78 is 0. The van der Waals surface area contributed by atoms with Gasteiger partial charge in [-0.25, -0.2) is 4.99 Å². The van der Waals surface area contributed by atoms with Gasteiger partial charge in [0.15, 0.2) is 0 Å². The Bertz CT molecular complexity index is 858. The molecule has 3 N–H and O–H groups in total. The van der Waals surface area contributed by atoms with Crippen molar-refractivity contribution < 1.29 is 0 Å². The summed E-state index contributed by atoms with van der Waals surface area (Å²) in [4.78, 5) is 13.8. The molecular weight excluding hydrogens is 401 g/mol. The highest BCUT2D eigenvalue weighted by molar-refractivity contribution is 7.99. The second kappa shape index (κ2) is 8.10. The molecule has 3 rings (SSSR count). The Hall–Kier alpha value is -1.73. The number of nitrogens with one attached hydrogen (secondary N) is 1. The van der Waals surface area contributed by atoms with E-state index >= 15 is 0 Å². The molecular formula is C16H12Cl3N5S. The van der Waals surface area contributed by atoms with Gasteiger partial charge in [-0.2, -0.15) is 4.99 Å². The Labute approximate surface area is 164 Å². The summed E-state index contributed by atoms with van der Waals surface area (Å²) in [7, 11) is 0. The lowest BCUT2D eigenvalue weighted by Gasteiger charge is -2.11. The van der Waals surface area contributed by atoms with Gasteiger partial charge >= 0.3 is 0 Å². The Kier molecular flexibility index (Phi) is 5.86. The third-order valence-corrected chi connectivity index (χ3v) is 5.29. The van der Waals surface area contributed by atoms with E-state index in [1.807, 2.05) is 12.1 Å². The van der Waals surface area contributed by atoms with Crippen LogP contribution in [-0.2, 0) is 0 Å². The van der Waals surface area contributed by atoms with E-state index in [4.69, 9.17) is 40.5 Å². The van der Waals surface area contributed by atoms with Gasteiger partial charge in [-0.1, -0.05) is 46.6 Å². The molecule has 0 atom stereocenters. The zero-order valence-corrected chi connectivity index (χ0v) is 15.8. The lowest BCUT2D eigenvalue weighted by Crippen LogP contribution is -2.10. The minimum absolute atomic E-state index is 0.0864. The molecule has 0 aliphatic carbocycles. The summed E-state index contributed by atoms with van der Waals surface area (Å²) in [6, 6.07) is 7.33. The predicted octanol–water partition coefficient (Wildman–Crippen LogP) is 5.15. The van der Waals surface area contributed by atoms with E-state index in [-0.39, 0.29) is 5.96 Å². The van der Waals surface area contributed by atoms with Crippen LogP contribution in [0.3, 0.4) is 0 Å². The maximum atomic E-state index is 6.40. The van der Waals surface area contributed by atoms with Gasteiger partial charge in [-0.15, -0.1) is 0 Å². The summed E-state index contributed by atoms with van der Waals surface area (Å²) in [6.45, 7) is 0. The molecule has 1 aliphatic rings. The summed E-state index contributed by atoms with van der Waals surface area (Å²) in [5.41, 5.74) is 6.37. The third kappa shape index (κ3) is 4.89. The summed E-state index contributed by atoms with van der Waals surface area (Å²) in [6.07, 6.45) is 5.65. The molecule has 0 saturated heterocycles. The molecule has 9 heteroatoms. The number of allylic oxidation sites excluding steroid dienone is 1. The minimum Gasteiger partial charge on any atom is -0.368 e. The van der Waals surface area contributed by atoms with E-state index in [0.29, 0.717) is 33.1 Å². The molecule has 25 heavy (non-hydrogen) atoms. The molecule has 1 aromatic carbocycles. The number of guanidine groups is 1. The second-order valence-electron chi connectivity index (χ2n) is 4.93. The normalized spacial score (nSPS) is 14.3. The number of hydrogen-bond donors (Lipinski definition) is 2. The van der Waals surface area contributed by atoms with Crippen molar-refractivity contribution in [1.29, 1.82) is 0 Å². The van der Waals surface area contributed by atoms with Gasteiger partial charge in [0.25, 0.3) is 0 Å². The van der Waals surface area contributed by atoms with Gasteiger partial charge in [0.1, 0.15) is 11.0 Å². The molecule has 0 saturated carbocycles. The van der Waals surface area contributed by atoms with Crippen LogP contribution < -0.4 is 11.1 Å². The standard InChI is InChI=1S/C16H12Cl3N5S/c17-11-7-9(22-14-2-1-13(19)23-16(20)24-14)8-12(18)15(11)25-10-3-5-21-6-4-10/h2-8,22H,1H2,(H2,20,24). The molecule has 1 aliphatic heterocycles. The topological polar surface area (TPSA) is 75.7 Å². The molecule has 0 amide bonds. The molecule has 128 valence electrons. The van der Waals surface area contributed by atoms with E-state index in [1.165, 1.54) is 11.8 Å². The number of nitrogens with zero attached hydrogens (tertiary/aromatic N) is 3. The SMILES string of the molecule is NC1=NC(Nc2cc(Cl)c(Sc3ccncc3)c(Cl)c2)=CCC(Cl)=N1. The molecule has 2 heterocycles. The van der Waals surface area contributed by atoms with Crippen molar-refractivity contribution in [2.24, 2.45) is 15.7 Å². The summed E-state index contributed by atoms with van der Waals surface area (Å²) >= 11 is 20.2. The van der Waals surface area contributed by atoms with Gasteiger partial charge in [-0.05, 0) is 30.3 Å². The number of aliphatic imine (C=N–C) groups is 2. The van der Waals surface area contributed by atoms with Gasteiger partial charge < -0.3 is 11.1 Å². The fraction of sp³-hybridized carbons (Fsp3) is 0.0625. The Morgan fingerprint density at radius 1 is 1.04 bits per heavy atom. The van der Waals surface area contributed by atoms with Crippen LogP contribution in [0, 0.1) is 0 Å². The largest absolute Gasteiger partial charge is 0.368 e. The Morgan fingerprint density at radius 2 is 1.72 bits per heavy atom. The van der Waals surface area contributed by atoms with Crippen LogP contribution in [0.1, 0.15) is 6.42 Å². The number of nitrogens with two attached hydrogens (primary N) is 1. The van der Waals surface area contributed by atoms with E-state index in [0.717, 1.165) is 9.79 Å². The number of rotatable bonds is 4. The predicted molar refractivity (Wildman–Crippen MR) is 106 cm³/mol. The van der Waals surface area contributed by atoms with Crippen LogP contribution in [0.2, 0.25) is 10.0 Å². The van der Waals surface area contributed by atoms with Crippen LogP contribution in [0.25, 0.3) is 0 Å². The first-order valence-electron chi connectivity index (χ1n) is 7.12. The first kappa shape index (κ1) is 18.1. The van der Waals surface area contributed by atoms with E-state index < -0.39 is 0 Å². The van der Waals surface area contributed by atoms with Gasteiger partial charge in [0.2, 0.25) is 5.96 Å². The smallest absolute Gasteiger partial charge is 0.223 e. The van der Waals surface area contributed by atoms with E-state index in [1.54, 1.807) is 30.6 Å². The zero-order valence-electron chi connectivity index (χ0n) is 12.7. The van der Waals surface area contributed by atoms with Crippen molar-refractivity contribution in [1.82, 2.24) is 4.98 Å². The molecule has 0 unspecified atom stereocenters. The lowest BCUT2D eigenvalue weighted by atomic mass is 10.3. The number of benzene rings is 1. The average molecular weight is 413 g/mol. The summed E-state index contributed by atoms with van der Waals surface area (Å²) in [5.74, 6) is 0.613. The van der Waals surface area contributed by atoms with Crippen LogP contribution in [0.15, 0.2) is 68.3 Å². The second-order valence-corrected chi connectivity index (χ2v) is 7.27. The number of aromatic nitrogens is 1. The lowest BCUT2D eigenvalue weighted by molar-refractivity contribution is 1.25. The van der Waals surface area contributed by atoms with Gasteiger partial charge in [0.05, 0.1) is 10.0 Å². The maximum absolute atomic E-state index is 6.40. The van der Waals surface area contributed by atoms with Crippen molar-refractivity contribution >= 4 is 63.4 Å². The van der Waals surface area contributed by atoms with Crippen molar-refractivity contribution in [3.63, 3.8) is 0 Å². The fourth-order valence-corrected chi connectivity index (χ4v) is 3.71. The van der Waals surface area contributed by atoms with Gasteiger partial charge in [0, 0.05) is 34.3 Å². The highest BCUT2D eigenvalue weighted by atomic mass is 35.5. The zero-order chi connectivity index (χ0) is 17.8. The quantitative estimate of drug-likeness (QED) is 0.728. The van der Waals surface area contributed by atoms with Crippen LogP contribution in [0.5, 0.6) is 0 Å². The van der Waals surface area contributed by atoms with Crippen molar-refractivity contribution in [2.45, 2.75) is 16.2 Å². The van der Waals surface area contributed by atoms with E-state index in [9.17, 15) is 0 Å². The van der Waals surface area contributed by atoms with Crippen LogP contribution in [0.4, 0.5) is 5.69 Å². The number of hydrogen-bond acceptors (Lipinski definition) is 6. The molecule has 0 fully saturated rings. The monoisotopic (exact) mass is 411 g/mol. The Morgan fingerprint density at radius 3 is 2.40 bits per heavy atom. The fourth-order valence-electron chi connectivity index (χ4n) is 2.03. The van der Waals surface area contributed by atoms with Crippen molar-refractivity contribution in [3.8, 4) is 0 Å². The number of anilines is 1. The molecule has 0 bridgehead atoms. The van der Waals surface area contributed by atoms with Gasteiger partial charge in [-0.3, -0.25) is 4.98 Å².